The van der Waals surface area contributed by atoms with E-state index in [1.54, 1.807) is 0 Å². The SMILES string of the molecule is Cc1ccc(OCc2nc(C3CNCCN3C)no2)cc1.Cl. The molecule has 1 atom stereocenters. The molecule has 1 saturated heterocycles. The van der Waals surface area contributed by atoms with Gasteiger partial charge in [-0.3, -0.25) is 4.90 Å². The number of aromatic nitrogens is 2. The number of piperazine rings is 1. The van der Waals surface area contributed by atoms with Crippen molar-refractivity contribution in [2.45, 2.75) is 19.6 Å². The fourth-order valence-electron chi connectivity index (χ4n) is 2.34. The zero-order chi connectivity index (χ0) is 14.7. The molecule has 2 heterocycles. The molecule has 1 aromatic carbocycles. The van der Waals surface area contributed by atoms with Crippen molar-refractivity contribution in [2.24, 2.45) is 0 Å². The Morgan fingerprint density at radius 1 is 1.36 bits per heavy atom. The number of hydrogen-bond acceptors (Lipinski definition) is 6. The Hall–Kier alpha value is -1.63. The Morgan fingerprint density at radius 2 is 2.14 bits per heavy atom. The van der Waals surface area contributed by atoms with E-state index in [4.69, 9.17) is 9.26 Å². The molecule has 1 aliphatic rings. The fraction of sp³-hybridized carbons (Fsp3) is 0.467. The minimum absolute atomic E-state index is 0. The lowest BCUT2D eigenvalue weighted by Crippen LogP contribution is -2.44. The molecule has 1 N–H and O–H groups in total. The van der Waals surface area contributed by atoms with Gasteiger partial charge in [-0.2, -0.15) is 4.98 Å². The Kier molecular flexibility index (Phi) is 5.76. The quantitative estimate of drug-likeness (QED) is 0.927. The van der Waals surface area contributed by atoms with Crippen LogP contribution in [0.5, 0.6) is 5.75 Å². The second kappa shape index (κ2) is 7.58. The average molecular weight is 325 g/mol. The smallest absolute Gasteiger partial charge is 0.264 e. The molecule has 1 fully saturated rings. The summed E-state index contributed by atoms with van der Waals surface area (Å²) in [5.74, 6) is 2.02. The monoisotopic (exact) mass is 324 g/mol. The van der Waals surface area contributed by atoms with E-state index in [9.17, 15) is 0 Å². The van der Waals surface area contributed by atoms with Gasteiger partial charge in [-0.1, -0.05) is 22.9 Å². The molecule has 1 unspecified atom stereocenters. The molecule has 1 aliphatic heterocycles. The van der Waals surface area contributed by atoms with Crippen LogP contribution in [-0.2, 0) is 6.61 Å². The lowest BCUT2D eigenvalue weighted by atomic mass is 10.2. The van der Waals surface area contributed by atoms with Gasteiger partial charge in [-0.15, -0.1) is 12.4 Å². The van der Waals surface area contributed by atoms with Crippen molar-refractivity contribution in [3.63, 3.8) is 0 Å². The van der Waals surface area contributed by atoms with Gasteiger partial charge in [0.15, 0.2) is 12.4 Å². The van der Waals surface area contributed by atoms with Gasteiger partial charge in [0.2, 0.25) is 0 Å². The lowest BCUT2D eigenvalue weighted by Gasteiger charge is -2.30. The van der Waals surface area contributed by atoms with Gasteiger partial charge < -0.3 is 14.6 Å². The molecule has 0 spiro atoms. The number of ether oxygens (including phenoxy) is 1. The highest BCUT2D eigenvalue weighted by atomic mass is 35.5. The van der Waals surface area contributed by atoms with Gasteiger partial charge in [0, 0.05) is 19.6 Å². The van der Waals surface area contributed by atoms with E-state index < -0.39 is 0 Å². The number of hydrogen-bond donors (Lipinski definition) is 1. The van der Waals surface area contributed by atoms with Crippen LogP contribution in [0.3, 0.4) is 0 Å². The van der Waals surface area contributed by atoms with Gasteiger partial charge in [0.05, 0.1) is 6.04 Å². The first kappa shape index (κ1) is 16.7. The third-order valence-electron chi connectivity index (χ3n) is 3.68. The van der Waals surface area contributed by atoms with Crippen LogP contribution in [0.4, 0.5) is 0 Å². The van der Waals surface area contributed by atoms with Crippen molar-refractivity contribution < 1.29 is 9.26 Å². The van der Waals surface area contributed by atoms with E-state index in [1.165, 1.54) is 5.56 Å². The highest BCUT2D eigenvalue weighted by molar-refractivity contribution is 5.85. The molecule has 0 saturated carbocycles. The highest BCUT2D eigenvalue weighted by Gasteiger charge is 2.25. The van der Waals surface area contributed by atoms with E-state index in [0.717, 1.165) is 25.4 Å². The first-order valence-corrected chi connectivity index (χ1v) is 7.15. The van der Waals surface area contributed by atoms with E-state index >= 15 is 0 Å². The zero-order valence-corrected chi connectivity index (χ0v) is 13.6. The van der Waals surface area contributed by atoms with Crippen LogP contribution in [-0.4, -0.2) is 41.7 Å². The van der Waals surface area contributed by atoms with E-state index in [2.05, 4.69) is 27.4 Å². The lowest BCUT2D eigenvalue weighted by molar-refractivity contribution is 0.189. The third-order valence-corrected chi connectivity index (χ3v) is 3.68. The molecule has 22 heavy (non-hydrogen) atoms. The minimum Gasteiger partial charge on any atom is -0.484 e. The van der Waals surface area contributed by atoms with Crippen molar-refractivity contribution in [3.05, 3.63) is 41.5 Å². The van der Waals surface area contributed by atoms with E-state index in [-0.39, 0.29) is 18.4 Å². The molecular weight excluding hydrogens is 304 g/mol. The Bertz CT molecular complexity index is 587. The van der Waals surface area contributed by atoms with E-state index in [0.29, 0.717) is 18.3 Å². The van der Waals surface area contributed by atoms with Crippen LogP contribution in [0, 0.1) is 6.92 Å². The molecule has 6 nitrogen and oxygen atoms in total. The van der Waals surface area contributed by atoms with Crippen molar-refractivity contribution in [2.75, 3.05) is 26.7 Å². The van der Waals surface area contributed by atoms with Crippen molar-refractivity contribution >= 4 is 12.4 Å². The summed E-state index contributed by atoms with van der Waals surface area (Å²) in [5.41, 5.74) is 1.20. The normalized spacial score (nSPS) is 18.7. The number of nitrogens with zero attached hydrogens (tertiary/aromatic N) is 3. The minimum atomic E-state index is 0. The van der Waals surface area contributed by atoms with E-state index in [1.807, 2.05) is 31.2 Å². The molecular formula is C15H21ClN4O2. The third kappa shape index (κ3) is 3.97. The predicted octanol–water partition coefficient (Wildman–Crippen LogP) is 1.95. The molecule has 3 rings (SSSR count). The van der Waals surface area contributed by atoms with Crippen LogP contribution >= 0.6 is 12.4 Å². The zero-order valence-electron chi connectivity index (χ0n) is 12.8. The van der Waals surface area contributed by atoms with Crippen LogP contribution in [0.15, 0.2) is 28.8 Å². The summed E-state index contributed by atoms with van der Waals surface area (Å²) in [5, 5.41) is 7.41. The molecule has 1 aromatic heterocycles. The first-order chi connectivity index (χ1) is 10.2. The summed E-state index contributed by atoms with van der Waals surface area (Å²) >= 11 is 0. The predicted molar refractivity (Wildman–Crippen MR) is 85.3 cm³/mol. The van der Waals surface area contributed by atoms with Crippen LogP contribution < -0.4 is 10.1 Å². The first-order valence-electron chi connectivity index (χ1n) is 7.15. The molecule has 0 aliphatic carbocycles. The number of benzene rings is 1. The maximum Gasteiger partial charge on any atom is 0.264 e. The summed E-state index contributed by atoms with van der Waals surface area (Å²) in [7, 11) is 2.07. The maximum absolute atomic E-state index is 5.65. The summed E-state index contributed by atoms with van der Waals surface area (Å²) in [6, 6.07) is 8.06. The van der Waals surface area contributed by atoms with Crippen LogP contribution in [0.1, 0.15) is 23.3 Å². The van der Waals surface area contributed by atoms with Gasteiger partial charge in [0.1, 0.15) is 5.75 Å². The molecule has 0 amide bonds. The fourth-order valence-corrected chi connectivity index (χ4v) is 2.34. The second-order valence-corrected chi connectivity index (χ2v) is 5.35. The average Bonchev–Trinajstić information content (AvgIpc) is 2.96. The van der Waals surface area contributed by atoms with Gasteiger partial charge in [0.25, 0.3) is 5.89 Å². The largest absolute Gasteiger partial charge is 0.484 e. The van der Waals surface area contributed by atoms with Crippen molar-refractivity contribution in [1.82, 2.24) is 20.4 Å². The number of halogens is 1. The standard InChI is InChI=1S/C15H20N4O2.ClH/c1-11-3-5-12(6-4-11)20-10-14-17-15(18-21-14)13-9-16-7-8-19(13)2;/h3-6,13,16H,7-10H2,1-2H3;1H. The van der Waals surface area contributed by atoms with Gasteiger partial charge >= 0.3 is 0 Å². The topological polar surface area (TPSA) is 63.4 Å². The van der Waals surface area contributed by atoms with Crippen molar-refractivity contribution in [3.8, 4) is 5.75 Å². The Labute approximate surface area is 136 Å². The van der Waals surface area contributed by atoms with Crippen molar-refractivity contribution in [1.29, 1.82) is 0 Å². The molecule has 2 aromatic rings. The maximum atomic E-state index is 5.65. The Balaban J connectivity index is 0.00000176. The molecule has 120 valence electrons. The Morgan fingerprint density at radius 3 is 2.86 bits per heavy atom. The number of rotatable bonds is 4. The summed E-state index contributed by atoms with van der Waals surface area (Å²) in [6.45, 7) is 5.15. The summed E-state index contributed by atoms with van der Waals surface area (Å²) in [6.07, 6.45) is 0. The molecule has 0 bridgehead atoms. The van der Waals surface area contributed by atoms with Gasteiger partial charge in [-0.05, 0) is 26.1 Å². The van der Waals surface area contributed by atoms with Crippen LogP contribution in [0.2, 0.25) is 0 Å². The molecule has 0 radical (unpaired) electrons. The van der Waals surface area contributed by atoms with Crippen LogP contribution in [0.25, 0.3) is 0 Å². The second-order valence-electron chi connectivity index (χ2n) is 5.35. The number of nitrogens with one attached hydrogen (secondary N) is 1. The number of likely N-dealkylation sites (N-methyl/N-ethyl adjacent to an activating group) is 1. The summed E-state index contributed by atoms with van der Waals surface area (Å²) < 4.78 is 10.9. The molecule has 7 heteroatoms. The number of aryl methyl sites for hydroxylation is 1. The summed E-state index contributed by atoms with van der Waals surface area (Å²) in [4.78, 5) is 6.66. The van der Waals surface area contributed by atoms with Gasteiger partial charge in [-0.25, -0.2) is 0 Å². The highest BCUT2D eigenvalue weighted by Crippen LogP contribution is 2.18.